The molecule has 0 heterocycles. The van der Waals surface area contributed by atoms with Crippen molar-refractivity contribution in [3.8, 4) is 0 Å². The number of carbonyl (C=O) groups excluding carboxylic acids is 2. The molecule has 0 spiro atoms. The van der Waals surface area contributed by atoms with E-state index in [0.717, 1.165) is 12.1 Å². The van der Waals surface area contributed by atoms with Crippen molar-refractivity contribution in [2.75, 3.05) is 11.9 Å². The Hall–Kier alpha value is -1.80. The van der Waals surface area contributed by atoms with Crippen LogP contribution < -0.4 is 10.6 Å². The van der Waals surface area contributed by atoms with Gasteiger partial charge in [0.25, 0.3) is 0 Å². The smallest absolute Gasteiger partial charge is 0.392 e. The summed E-state index contributed by atoms with van der Waals surface area (Å²) in [6, 6.07) is 2.73. The van der Waals surface area contributed by atoms with Crippen LogP contribution in [0.5, 0.6) is 0 Å². The van der Waals surface area contributed by atoms with Gasteiger partial charge in [0, 0.05) is 12.2 Å². The van der Waals surface area contributed by atoms with Crippen LogP contribution in [0, 0.1) is 0 Å². The number of carbonyl (C=O) groups is 2. The first-order chi connectivity index (χ1) is 9.61. The molecule has 0 aromatic heterocycles. The van der Waals surface area contributed by atoms with Gasteiger partial charge in [-0.3, -0.25) is 9.59 Å². The van der Waals surface area contributed by atoms with E-state index >= 15 is 0 Å². The van der Waals surface area contributed by atoms with Gasteiger partial charge in [0.2, 0.25) is 0 Å². The maximum absolute atomic E-state index is 12.6. The summed E-state index contributed by atoms with van der Waals surface area (Å²) in [5.74, 6) is -2.22. The molecule has 1 aromatic rings. The van der Waals surface area contributed by atoms with Crippen molar-refractivity contribution < 1.29 is 27.9 Å². The second kappa shape index (κ2) is 6.77. The molecule has 1 rings (SSSR count). The first-order valence-corrected chi connectivity index (χ1v) is 6.13. The maximum Gasteiger partial charge on any atom is 0.417 e. The van der Waals surface area contributed by atoms with Crippen molar-refractivity contribution in [2.45, 2.75) is 19.2 Å². The van der Waals surface area contributed by atoms with Crippen LogP contribution in [0.25, 0.3) is 0 Å². The standard InChI is InChI=1S/C12H12ClF3N2O3/c1-6(19)5-17-10(20)11(21)18-7-2-3-9(13)8(4-7)12(14,15)16/h2-4,6,19H,5H2,1H3,(H,17,20)(H,18,21)/t6-/m1/s1. The lowest BCUT2D eigenvalue weighted by molar-refractivity contribution is -0.137. The van der Waals surface area contributed by atoms with Crippen LogP contribution in [0.4, 0.5) is 18.9 Å². The van der Waals surface area contributed by atoms with E-state index in [4.69, 9.17) is 16.7 Å². The molecule has 0 aliphatic rings. The lowest BCUT2D eigenvalue weighted by Crippen LogP contribution is -2.38. The fourth-order valence-electron chi connectivity index (χ4n) is 1.33. The van der Waals surface area contributed by atoms with Crippen molar-refractivity contribution in [2.24, 2.45) is 0 Å². The van der Waals surface area contributed by atoms with Gasteiger partial charge in [-0.25, -0.2) is 0 Å². The molecule has 0 unspecified atom stereocenters. The number of benzene rings is 1. The van der Waals surface area contributed by atoms with Gasteiger partial charge in [0.1, 0.15) is 0 Å². The number of halogens is 4. The molecule has 0 saturated carbocycles. The molecule has 9 heteroatoms. The average Bonchev–Trinajstić information content (AvgIpc) is 2.36. The second-order valence-corrected chi connectivity index (χ2v) is 4.61. The zero-order chi connectivity index (χ0) is 16.2. The first kappa shape index (κ1) is 17.3. The predicted octanol–water partition coefficient (Wildman–Crippen LogP) is 1.79. The number of aliphatic hydroxyl groups excluding tert-OH is 1. The summed E-state index contributed by atoms with van der Waals surface area (Å²) in [7, 11) is 0. The topological polar surface area (TPSA) is 78.4 Å². The Morgan fingerprint density at radius 1 is 1.33 bits per heavy atom. The van der Waals surface area contributed by atoms with E-state index in [1.807, 2.05) is 5.32 Å². The van der Waals surface area contributed by atoms with E-state index < -0.39 is 34.7 Å². The molecule has 21 heavy (non-hydrogen) atoms. The summed E-state index contributed by atoms with van der Waals surface area (Å²) in [5, 5.41) is 12.6. The highest BCUT2D eigenvalue weighted by Gasteiger charge is 2.33. The van der Waals surface area contributed by atoms with Gasteiger partial charge in [-0.15, -0.1) is 0 Å². The number of amides is 2. The first-order valence-electron chi connectivity index (χ1n) is 5.75. The third-order valence-electron chi connectivity index (χ3n) is 2.29. The molecular formula is C12H12ClF3N2O3. The van der Waals surface area contributed by atoms with Gasteiger partial charge >= 0.3 is 18.0 Å². The third kappa shape index (κ3) is 5.24. The molecule has 0 saturated heterocycles. The van der Waals surface area contributed by atoms with Crippen molar-refractivity contribution in [1.82, 2.24) is 5.32 Å². The normalized spacial score (nSPS) is 12.7. The van der Waals surface area contributed by atoms with Crippen molar-refractivity contribution >= 4 is 29.1 Å². The molecule has 3 N–H and O–H groups in total. The molecule has 0 aliphatic heterocycles. The minimum absolute atomic E-state index is 0.152. The Morgan fingerprint density at radius 2 is 1.95 bits per heavy atom. The molecule has 5 nitrogen and oxygen atoms in total. The van der Waals surface area contributed by atoms with E-state index in [1.165, 1.54) is 6.92 Å². The summed E-state index contributed by atoms with van der Waals surface area (Å²) < 4.78 is 37.9. The Balaban J connectivity index is 2.80. The molecule has 0 fully saturated rings. The number of aliphatic hydroxyl groups is 1. The molecule has 1 atom stereocenters. The van der Waals surface area contributed by atoms with Crippen LogP contribution in [-0.2, 0) is 15.8 Å². The lowest BCUT2D eigenvalue weighted by Gasteiger charge is -2.12. The maximum atomic E-state index is 12.6. The van der Waals surface area contributed by atoms with Gasteiger partial charge in [-0.2, -0.15) is 13.2 Å². The Kier molecular flexibility index (Phi) is 5.56. The molecule has 2 amide bonds. The van der Waals surface area contributed by atoms with Crippen LogP contribution >= 0.6 is 11.6 Å². The average molecular weight is 325 g/mol. The summed E-state index contributed by atoms with van der Waals surface area (Å²) >= 11 is 5.42. The Bertz CT molecular complexity index is 547. The fourth-order valence-corrected chi connectivity index (χ4v) is 1.55. The van der Waals surface area contributed by atoms with E-state index in [9.17, 15) is 22.8 Å². The van der Waals surface area contributed by atoms with Crippen LogP contribution in [0.2, 0.25) is 5.02 Å². The summed E-state index contributed by atoms with van der Waals surface area (Å²) in [6.07, 6.45) is -5.53. The minimum Gasteiger partial charge on any atom is -0.392 e. The second-order valence-electron chi connectivity index (χ2n) is 4.21. The molecule has 0 radical (unpaired) electrons. The number of nitrogens with one attached hydrogen (secondary N) is 2. The van der Waals surface area contributed by atoms with Crippen LogP contribution in [-0.4, -0.2) is 29.6 Å². The number of anilines is 1. The Labute approximate surface area is 123 Å². The SMILES string of the molecule is C[C@@H](O)CNC(=O)C(=O)Nc1ccc(Cl)c(C(F)(F)F)c1. The number of hydrogen-bond donors (Lipinski definition) is 3. The van der Waals surface area contributed by atoms with Crippen molar-refractivity contribution in [3.05, 3.63) is 28.8 Å². The van der Waals surface area contributed by atoms with Gasteiger partial charge in [0.15, 0.2) is 0 Å². The summed E-state index contributed by atoms with van der Waals surface area (Å²) in [5.41, 5.74) is -1.34. The number of hydrogen-bond acceptors (Lipinski definition) is 3. The van der Waals surface area contributed by atoms with Gasteiger partial charge in [-0.1, -0.05) is 11.6 Å². The zero-order valence-electron chi connectivity index (χ0n) is 10.8. The van der Waals surface area contributed by atoms with Crippen LogP contribution in [0.3, 0.4) is 0 Å². The zero-order valence-corrected chi connectivity index (χ0v) is 11.5. The Morgan fingerprint density at radius 3 is 2.48 bits per heavy atom. The van der Waals surface area contributed by atoms with Gasteiger partial charge in [-0.05, 0) is 25.1 Å². The van der Waals surface area contributed by atoms with Crippen LogP contribution in [0.1, 0.15) is 12.5 Å². The lowest BCUT2D eigenvalue weighted by atomic mass is 10.2. The third-order valence-corrected chi connectivity index (χ3v) is 2.62. The van der Waals surface area contributed by atoms with E-state index in [0.29, 0.717) is 6.07 Å². The molecule has 0 bridgehead atoms. The summed E-state index contributed by atoms with van der Waals surface area (Å²) in [6.45, 7) is 1.24. The number of alkyl halides is 3. The van der Waals surface area contributed by atoms with Gasteiger partial charge < -0.3 is 15.7 Å². The monoisotopic (exact) mass is 324 g/mol. The highest BCUT2D eigenvalue weighted by atomic mass is 35.5. The van der Waals surface area contributed by atoms with Crippen LogP contribution in [0.15, 0.2) is 18.2 Å². The van der Waals surface area contributed by atoms with Crippen molar-refractivity contribution in [3.63, 3.8) is 0 Å². The van der Waals surface area contributed by atoms with E-state index in [-0.39, 0.29) is 12.2 Å². The summed E-state index contributed by atoms with van der Waals surface area (Å²) in [4.78, 5) is 22.8. The highest BCUT2D eigenvalue weighted by molar-refractivity contribution is 6.39. The molecule has 1 aromatic carbocycles. The highest BCUT2D eigenvalue weighted by Crippen LogP contribution is 2.36. The quantitative estimate of drug-likeness (QED) is 0.742. The minimum atomic E-state index is -4.67. The molecular weight excluding hydrogens is 313 g/mol. The van der Waals surface area contributed by atoms with E-state index in [2.05, 4.69) is 5.32 Å². The predicted molar refractivity (Wildman–Crippen MR) is 69.8 cm³/mol. The number of rotatable bonds is 3. The molecule has 0 aliphatic carbocycles. The van der Waals surface area contributed by atoms with E-state index in [1.54, 1.807) is 0 Å². The fraction of sp³-hybridized carbons (Fsp3) is 0.333. The largest absolute Gasteiger partial charge is 0.417 e. The van der Waals surface area contributed by atoms with Crippen molar-refractivity contribution in [1.29, 1.82) is 0 Å². The van der Waals surface area contributed by atoms with Gasteiger partial charge in [0.05, 0.1) is 16.7 Å². The molecule has 116 valence electrons.